The Hall–Kier alpha value is -0.940. The van der Waals surface area contributed by atoms with Gasteiger partial charge in [-0.05, 0) is 19.4 Å². The van der Waals surface area contributed by atoms with Gasteiger partial charge in [0.05, 0.1) is 7.11 Å². The van der Waals surface area contributed by atoms with Crippen molar-refractivity contribution in [2.75, 3.05) is 20.2 Å². The molecule has 5 nitrogen and oxygen atoms in total. The average molecular weight is 200 g/mol. The van der Waals surface area contributed by atoms with Gasteiger partial charge in [0.2, 0.25) is 0 Å². The zero-order valence-electron chi connectivity index (χ0n) is 8.29. The van der Waals surface area contributed by atoms with Crippen molar-refractivity contribution in [3.8, 4) is 0 Å². The number of ether oxygens (including phenoxy) is 1. The summed E-state index contributed by atoms with van der Waals surface area (Å²) in [4.78, 5) is 22.0. The van der Waals surface area contributed by atoms with E-state index < -0.39 is 17.4 Å². The van der Waals surface area contributed by atoms with Crippen molar-refractivity contribution in [2.45, 2.75) is 18.9 Å². The van der Waals surface area contributed by atoms with Gasteiger partial charge in [0.1, 0.15) is 12.3 Å². The summed E-state index contributed by atoms with van der Waals surface area (Å²) in [6, 6.07) is -0.704. The van der Waals surface area contributed by atoms with Crippen LogP contribution in [0, 0.1) is 5.41 Å². The van der Waals surface area contributed by atoms with Crippen LogP contribution in [0.3, 0.4) is 0 Å². The van der Waals surface area contributed by atoms with Crippen LogP contribution < -0.4 is 11.1 Å². The molecule has 0 aromatic carbocycles. The minimum absolute atomic E-state index is 0.357. The van der Waals surface area contributed by atoms with Gasteiger partial charge in [0, 0.05) is 12.0 Å². The third-order valence-electron chi connectivity index (χ3n) is 2.66. The molecule has 0 unspecified atom stereocenters. The van der Waals surface area contributed by atoms with Gasteiger partial charge in [-0.2, -0.15) is 0 Å². The van der Waals surface area contributed by atoms with Crippen LogP contribution in [-0.4, -0.2) is 38.5 Å². The van der Waals surface area contributed by atoms with E-state index >= 15 is 0 Å². The van der Waals surface area contributed by atoms with Crippen LogP contribution in [-0.2, 0) is 14.3 Å². The first-order valence-electron chi connectivity index (χ1n) is 4.64. The van der Waals surface area contributed by atoms with E-state index in [1.165, 1.54) is 7.11 Å². The van der Waals surface area contributed by atoms with Crippen molar-refractivity contribution in [1.29, 1.82) is 0 Å². The summed E-state index contributed by atoms with van der Waals surface area (Å²) in [5.74, 6) is -0.460. The van der Waals surface area contributed by atoms with Gasteiger partial charge in [-0.3, -0.25) is 4.79 Å². The van der Waals surface area contributed by atoms with E-state index in [-0.39, 0.29) is 0 Å². The largest absolute Gasteiger partial charge is 0.468 e. The Morgan fingerprint density at radius 2 is 2.50 bits per heavy atom. The molecular formula is C9H16N2O3. The predicted octanol–water partition coefficient (Wildman–Crippen LogP) is -0.945. The van der Waals surface area contributed by atoms with Gasteiger partial charge in [-0.15, -0.1) is 0 Å². The van der Waals surface area contributed by atoms with Crippen molar-refractivity contribution in [2.24, 2.45) is 11.1 Å². The number of rotatable bonds is 4. The molecule has 0 amide bonds. The monoisotopic (exact) mass is 200 g/mol. The van der Waals surface area contributed by atoms with E-state index in [9.17, 15) is 9.59 Å². The highest BCUT2D eigenvalue weighted by Gasteiger charge is 2.37. The summed E-state index contributed by atoms with van der Waals surface area (Å²) in [6.45, 7) is 1.40. The maximum Gasteiger partial charge on any atom is 0.322 e. The number of nitrogens with two attached hydrogens (primary N) is 1. The van der Waals surface area contributed by atoms with E-state index in [0.29, 0.717) is 13.0 Å². The Bertz CT molecular complexity index is 224. The number of aldehydes is 1. The van der Waals surface area contributed by atoms with Crippen molar-refractivity contribution in [1.82, 2.24) is 5.32 Å². The van der Waals surface area contributed by atoms with Gasteiger partial charge in [-0.25, -0.2) is 0 Å². The molecule has 0 saturated carbocycles. The summed E-state index contributed by atoms with van der Waals surface area (Å²) in [5.41, 5.74) is 5.13. The van der Waals surface area contributed by atoms with E-state index in [4.69, 9.17) is 5.73 Å². The number of hydrogen-bond donors (Lipinski definition) is 2. The smallest absolute Gasteiger partial charge is 0.322 e. The Balaban J connectivity index is 2.56. The van der Waals surface area contributed by atoms with Crippen LogP contribution in [0.5, 0.6) is 0 Å². The second kappa shape index (κ2) is 4.52. The molecule has 14 heavy (non-hydrogen) atoms. The number of methoxy groups -OCH3 is 1. The van der Waals surface area contributed by atoms with Crippen LogP contribution in [0.2, 0.25) is 0 Å². The van der Waals surface area contributed by atoms with Crippen LogP contribution >= 0.6 is 0 Å². The molecule has 2 atom stereocenters. The van der Waals surface area contributed by atoms with Crippen LogP contribution in [0.1, 0.15) is 12.8 Å². The molecule has 5 heteroatoms. The van der Waals surface area contributed by atoms with Gasteiger partial charge < -0.3 is 20.6 Å². The second-order valence-electron chi connectivity index (χ2n) is 3.74. The number of carbonyl (C=O) groups is 2. The molecule has 0 aromatic rings. The summed E-state index contributed by atoms with van der Waals surface area (Å²) in [7, 11) is 1.29. The first-order chi connectivity index (χ1) is 6.63. The predicted molar refractivity (Wildman–Crippen MR) is 50.6 cm³/mol. The number of hydrogen-bond acceptors (Lipinski definition) is 5. The Morgan fingerprint density at radius 1 is 1.79 bits per heavy atom. The molecule has 0 bridgehead atoms. The quantitative estimate of drug-likeness (QED) is 0.452. The Kier molecular flexibility index (Phi) is 3.60. The maximum atomic E-state index is 11.1. The molecule has 80 valence electrons. The topological polar surface area (TPSA) is 81.4 Å². The minimum Gasteiger partial charge on any atom is -0.468 e. The summed E-state index contributed by atoms with van der Waals surface area (Å²) < 4.78 is 4.51. The fraction of sp³-hybridized carbons (Fsp3) is 0.778. The highest BCUT2D eigenvalue weighted by molar-refractivity contribution is 5.76. The molecule has 3 N–H and O–H groups in total. The minimum atomic E-state index is -0.704. The molecule has 0 radical (unpaired) electrons. The molecule has 1 aliphatic heterocycles. The fourth-order valence-corrected chi connectivity index (χ4v) is 1.76. The summed E-state index contributed by atoms with van der Waals surface area (Å²) in [5, 5.41) is 3.09. The van der Waals surface area contributed by atoms with Crippen LogP contribution in [0.15, 0.2) is 0 Å². The van der Waals surface area contributed by atoms with E-state index in [2.05, 4.69) is 10.1 Å². The lowest BCUT2D eigenvalue weighted by molar-refractivity contribution is -0.143. The molecule has 0 aliphatic carbocycles. The summed E-state index contributed by atoms with van der Waals surface area (Å²) >= 11 is 0. The fourth-order valence-electron chi connectivity index (χ4n) is 1.76. The molecule has 1 saturated heterocycles. The van der Waals surface area contributed by atoms with Crippen molar-refractivity contribution < 1.29 is 14.3 Å². The molecule has 1 heterocycles. The third-order valence-corrected chi connectivity index (χ3v) is 2.66. The second-order valence-corrected chi connectivity index (χ2v) is 3.74. The van der Waals surface area contributed by atoms with E-state index in [1.54, 1.807) is 0 Å². The lowest BCUT2D eigenvalue weighted by Crippen LogP contribution is -2.40. The van der Waals surface area contributed by atoms with Crippen molar-refractivity contribution in [3.63, 3.8) is 0 Å². The van der Waals surface area contributed by atoms with Crippen LogP contribution in [0.25, 0.3) is 0 Å². The first kappa shape index (κ1) is 11.1. The molecule has 1 fully saturated rings. The number of nitrogens with one attached hydrogen (secondary N) is 1. The maximum absolute atomic E-state index is 11.1. The van der Waals surface area contributed by atoms with Gasteiger partial charge in [0.25, 0.3) is 0 Å². The molecular weight excluding hydrogens is 184 g/mol. The lowest BCUT2D eigenvalue weighted by Gasteiger charge is -2.23. The molecule has 0 aromatic heterocycles. The SMILES string of the molecule is COC(=O)[C@@H](N)C[C@@]1(C=O)CCNC1. The molecule has 0 spiro atoms. The number of carbonyl (C=O) groups excluding carboxylic acids is 2. The van der Waals surface area contributed by atoms with Crippen molar-refractivity contribution in [3.05, 3.63) is 0 Å². The van der Waals surface area contributed by atoms with Crippen molar-refractivity contribution >= 4 is 12.3 Å². The van der Waals surface area contributed by atoms with E-state index in [1.807, 2.05) is 0 Å². The zero-order valence-corrected chi connectivity index (χ0v) is 8.29. The van der Waals surface area contributed by atoms with Gasteiger partial charge >= 0.3 is 5.97 Å². The Labute approximate surface area is 83.0 Å². The number of esters is 1. The summed E-state index contributed by atoms with van der Waals surface area (Å²) in [6.07, 6.45) is 1.99. The van der Waals surface area contributed by atoms with E-state index in [0.717, 1.165) is 19.3 Å². The highest BCUT2D eigenvalue weighted by atomic mass is 16.5. The molecule has 1 rings (SSSR count). The zero-order chi connectivity index (χ0) is 10.6. The lowest BCUT2D eigenvalue weighted by atomic mass is 9.82. The van der Waals surface area contributed by atoms with Crippen LogP contribution in [0.4, 0.5) is 0 Å². The Morgan fingerprint density at radius 3 is 2.93 bits per heavy atom. The standard InChI is InChI=1S/C9H16N2O3/c1-14-8(13)7(10)4-9(6-12)2-3-11-5-9/h6-7,11H,2-5,10H2,1H3/t7-,9-/m0/s1. The first-order valence-corrected chi connectivity index (χ1v) is 4.64. The van der Waals surface area contributed by atoms with Gasteiger partial charge in [0.15, 0.2) is 0 Å². The van der Waals surface area contributed by atoms with Gasteiger partial charge in [-0.1, -0.05) is 0 Å². The molecule has 1 aliphatic rings. The highest BCUT2D eigenvalue weighted by Crippen LogP contribution is 2.28. The third kappa shape index (κ3) is 2.30. The average Bonchev–Trinajstić information content (AvgIpc) is 2.65. The normalized spacial score (nSPS) is 28.4.